The summed E-state index contributed by atoms with van der Waals surface area (Å²) in [4.78, 5) is 17.4. The summed E-state index contributed by atoms with van der Waals surface area (Å²) in [6.45, 7) is 3.05. The fraction of sp³-hybridized carbons (Fsp3) is 0.263. The Bertz CT molecular complexity index is 703. The zero-order chi connectivity index (χ0) is 16.1. The number of hydrogen-bond acceptors (Lipinski definition) is 3. The number of carbonyl (C=O) groups excluding carboxylic acids is 1. The molecule has 2 aromatic rings. The molecule has 0 amide bonds. The van der Waals surface area contributed by atoms with Crippen molar-refractivity contribution in [1.82, 2.24) is 9.88 Å². The topological polar surface area (TPSA) is 33.2 Å². The lowest BCUT2D eigenvalue weighted by Crippen LogP contribution is -2.30. The predicted molar refractivity (Wildman–Crippen MR) is 93.6 cm³/mol. The number of aromatic nitrogens is 1. The van der Waals surface area contributed by atoms with Crippen molar-refractivity contribution >= 4 is 24.0 Å². The van der Waals surface area contributed by atoms with Crippen molar-refractivity contribution in [3.8, 4) is 0 Å². The molecule has 0 aliphatic carbocycles. The van der Waals surface area contributed by atoms with Crippen LogP contribution in [0.4, 0.5) is 0 Å². The average Bonchev–Trinajstić information content (AvgIpc) is 2.59. The number of hydrogen-bond donors (Lipinski definition) is 0. The van der Waals surface area contributed by atoms with Crippen LogP contribution in [-0.2, 0) is 6.54 Å². The van der Waals surface area contributed by atoms with Gasteiger partial charge in [-0.2, -0.15) is 0 Å². The molecule has 1 aromatic heterocycles. The molecule has 0 radical (unpaired) electrons. The highest BCUT2D eigenvalue weighted by atomic mass is 35.5. The van der Waals surface area contributed by atoms with E-state index in [9.17, 15) is 4.79 Å². The molecule has 0 N–H and O–H groups in total. The predicted octanol–water partition coefficient (Wildman–Crippen LogP) is 4.23. The van der Waals surface area contributed by atoms with Crippen LogP contribution in [0.3, 0.4) is 0 Å². The zero-order valence-corrected chi connectivity index (χ0v) is 13.7. The van der Waals surface area contributed by atoms with E-state index >= 15 is 0 Å². The summed E-state index contributed by atoms with van der Waals surface area (Å²) in [5.41, 5.74) is 4.28. The van der Waals surface area contributed by atoms with Crippen LogP contribution >= 0.6 is 11.6 Å². The average molecular weight is 327 g/mol. The molecule has 1 aromatic carbocycles. The third-order valence-corrected chi connectivity index (χ3v) is 4.47. The number of likely N-dealkylation sites (tertiary alicyclic amines) is 1. The van der Waals surface area contributed by atoms with E-state index in [1.165, 1.54) is 11.1 Å². The fourth-order valence-corrected chi connectivity index (χ4v) is 3.09. The van der Waals surface area contributed by atoms with E-state index in [0.29, 0.717) is 10.6 Å². The molecule has 1 aliphatic rings. The van der Waals surface area contributed by atoms with Crippen LogP contribution in [0.15, 0.2) is 48.3 Å². The number of benzene rings is 1. The molecule has 0 bridgehead atoms. The number of nitrogens with zero attached hydrogens (tertiary/aromatic N) is 2. The lowest BCUT2D eigenvalue weighted by atomic mass is 10.00. The smallest absolute Gasteiger partial charge is 0.150 e. The first-order valence-corrected chi connectivity index (χ1v) is 8.18. The van der Waals surface area contributed by atoms with Crippen molar-refractivity contribution in [2.45, 2.75) is 19.4 Å². The summed E-state index contributed by atoms with van der Waals surface area (Å²) in [7, 11) is 0. The minimum Gasteiger partial charge on any atom is -0.298 e. The Morgan fingerprint density at radius 3 is 2.70 bits per heavy atom. The number of rotatable bonds is 4. The van der Waals surface area contributed by atoms with E-state index in [0.717, 1.165) is 44.3 Å². The van der Waals surface area contributed by atoms with Gasteiger partial charge in [0.15, 0.2) is 0 Å². The van der Waals surface area contributed by atoms with Crippen LogP contribution in [0.5, 0.6) is 0 Å². The van der Waals surface area contributed by atoms with E-state index in [4.69, 9.17) is 11.6 Å². The minimum atomic E-state index is 0.614. The molecule has 118 valence electrons. The number of halogens is 1. The molecule has 2 heterocycles. The molecule has 3 nitrogen and oxygen atoms in total. The normalized spacial score (nSPS) is 15.4. The molecule has 0 spiro atoms. The SMILES string of the molecule is O=Cc1ccc(C=C2CCN(Cc3cccnc3)CC2)c(Cl)c1. The lowest BCUT2D eigenvalue weighted by molar-refractivity contribution is 0.112. The first-order chi connectivity index (χ1) is 11.2. The second-order valence-electron chi connectivity index (χ2n) is 5.84. The number of carbonyl (C=O) groups is 1. The van der Waals surface area contributed by atoms with Crippen LogP contribution < -0.4 is 0 Å². The van der Waals surface area contributed by atoms with Crippen molar-refractivity contribution in [3.05, 3.63) is 70.0 Å². The van der Waals surface area contributed by atoms with Gasteiger partial charge in [-0.25, -0.2) is 0 Å². The van der Waals surface area contributed by atoms with E-state index in [1.54, 1.807) is 12.3 Å². The van der Waals surface area contributed by atoms with E-state index < -0.39 is 0 Å². The molecular weight excluding hydrogens is 308 g/mol. The maximum Gasteiger partial charge on any atom is 0.150 e. The Balaban J connectivity index is 1.61. The van der Waals surface area contributed by atoms with Crippen molar-refractivity contribution < 1.29 is 4.79 Å². The Morgan fingerprint density at radius 2 is 2.04 bits per heavy atom. The van der Waals surface area contributed by atoms with Gasteiger partial charge in [-0.3, -0.25) is 14.7 Å². The summed E-state index contributed by atoms with van der Waals surface area (Å²) in [5, 5.41) is 0.639. The monoisotopic (exact) mass is 326 g/mol. The second-order valence-corrected chi connectivity index (χ2v) is 6.25. The Morgan fingerprint density at radius 1 is 1.22 bits per heavy atom. The molecule has 0 atom stereocenters. The summed E-state index contributed by atoms with van der Waals surface area (Å²) in [5.74, 6) is 0. The zero-order valence-electron chi connectivity index (χ0n) is 12.9. The summed E-state index contributed by atoms with van der Waals surface area (Å²) >= 11 is 6.24. The first-order valence-electron chi connectivity index (χ1n) is 7.80. The second kappa shape index (κ2) is 7.53. The number of piperidine rings is 1. The van der Waals surface area contributed by atoms with Gasteiger partial charge in [0, 0.05) is 42.6 Å². The Hall–Kier alpha value is -1.97. The lowest BCUT2D eigenvalue weighted by Gasteiger charge is -2.28. The van der Waals surface area contributed by atoms with Crippen LogP contribution in [0.2, 0.25) is 5.02 Å². The number of aldehydes is 1. The van der Waals surface area contributed by atoms with E-state index in [2.05, 4.69) is 22.0 Å². The highest BCUT2D eigenvalue weighted by Crippen LogP contribution is 2.25. The summed E-state index contributed by atoms with van der Waals surface area (Å²) < 4.78 is 0. The van der Waals surface area contributed by atoms with Gasteiger partial charge in [-0.1, -0.05) is 41.4 Å². The van der Waals surface area contributed by atoms with Crippen LogP contribution in [0.1, 0.15) is 34.3 Å². The van der Waals surface area contributed by atoms with E-state index in [1.807, 2.05) is 24.4 Å². The third kappa shape index (κ3) is 4.27. The van der Waals surface area contributed by atoms with E-state index in [-0.39, 0.29) is 0 Å². The van der Waals surface area contributed by atoms with Crippen LogP contribution in [-0.4, -0.2) is 29.3 Å². The Kier molecular flexibility index (Phi) is 5.21. The Labute approximate surface area is 141 Å². The van der Waals surface area contributed by atoms with Crippen molar-refractivity contribution in [1.29, 1.82) is 0 Å². The summed E-state index contributed by atoms with van der Waals surface area (Å²) in [6, 6.07) is 9.55. The van der Waals surface area contributed by atoms with Gasteiger partial charge in [0.1, 0.15) is 6.29 Å². The van der Waals surface area contributed by atoms with Crippen LogP contribution in [0.25, 0.3) is 6.08 Å². The molecule has 4 heteroatoms. The molecule has 3 rings (SSSR count). The maximum atomic E-state index is 10.8. The molecule has 1 fully saturated rings. The first kappa shape index (κ1) is 15.9. The van der Waals surface area contributed by atoms with Gasteiger partial charge in [-0.05, 0) is 36.1 Å². The third-order valence-electron chi connectivity index (χ3n) is 4.15. The molecule has 1 aliphatic heterocycles. The largest absolute Gasteiger partial charge is 0.298 e. The standard InChI is InChI=1S/C19H19ClN2O/c20-19-11-16(14-23)3-4-18(19)10-15-5-8-22(9-6-15)13-17-2-1-7-21-12-17/h1-4,7,10-12,14H,5-6,8-9,13H2. The quantitative estimate of drug-likeness (QED) is 0.788. The van der Waals surface area contributed by atoms with Gasteiger partial charge in [0.05, 0.1) is 0 Å². The van der Waals surface area contributed by atoms with Gasteiger partial charge >= 0.3 is 0 Å². The van der Waals surface area contributed by atoms with Gasteiger partial charge in [0.25, 0.3) is 0 Å². The van der Waals surface area contributed by atoms with Crippen molar-refractivity contribution in [2.24, 2.45) is 0 Å². The number of pyridine rings is 1. The van der Waals surface area contributed by atoms with Crippen molar-refractivity contribution in [3.63, 3.8) is 0 Å². The molecule has 23 heavy (non-hydrogen) atoms. The van der Waals surface area contributed by atoms with Gasteiger partial charge < -0.3 is 0 Å². The maximum absolute atomic E-state index is 10.8. The van der Waals surface area contributed by atoms with Crippen molar-refractivity contribution in [2.75, 3.05) is 13.1 Å². The minimum absolute atomic E-state index is 0.614. The highest BCUT2D eigenvalue weighted by molar-refractivity contribution is 6.32. The van der Waals surface area contributed by atoms with Crippen LogP contribution in [0, 0.1) is 0 Å². The molecule has 1 saturated heterocycles. The van der Waals surface area contributed by atoms with Gasteiger partial charge in [-0.15, -0.1) is 0 Å². The van der Waals surface area contributed by atoms with Gasteiger partial charge in [0.2, 0.25) is 0 Å². The molecular formula is C19H19ClN2O. The summed E-state index contributed by atoms with van der Waals surface area (Å²) in [6.07, 6.45) is 8.82. The fourth-order valence-electron chi connectivity index (χ4n) is 2.85. The molecule has 0 unspecified atom stereocenters. The molecule has 0 saturated carbocycles. The highest BCUT2D eigenvalue weighted by Gasteiger charge is 2.14.